The Kier molecular flexibility index (Phi) is 4.79. The van der Waals surface area contributed by atoms with E-state index in [1.807, 2.05) is 18.2 Å². The fraction of sp³-hybridized carbons (Fsp3) is 0.353. The summed E-state index contributed by atoms with van der Waals surface area (Å²) < 4.78 is 5.28. The monoisotopic (exact) mass is 328 g/mol. The largest absolute Gasteiger partial charge is 0.497 e. The zero-order valence-corrected chi connectivity index (χ0v) is 13.5. The summed E-state index contributed by atoms with van der Waals surface area (Å²) in [6.45, 7) is 2.74. The van der Waals surface area contributed by atoms with Crippen LogP contribution < -0.4 is 15.0 Å². The fourth-order valence-corrected chi connectivity index (χ4v) is 2.82. The lowest BCUT2D eigenvalue weighted by molar-refractivity contribution is 0.0690. The van der Waals surface area contributed by atoms with Gasteiger partial charge >= 0.3 is 5.97 Å². The molecule has 3 rings (SSSR count). The lowest BCUT2D eigenvalue weighted by atomic mass is 10.1. The molecule has 1 aromatic heterocycles. The Hall–Kier alpha value is -2.83. The summed E-state index contributed by atoms with van der Waals surface area (Å²) in [5.74, 6) is 0.888. The van der Waals surface area contributed by atoms with E-state index in [-0.39, 0.29) is 5.69 Å². The average molecular weight is 328 g/mol. The third-order valence-electron chi connectivity index (χ3n) is 4.15. The summed E-state index contributed by atoms with van der Waals surface area (Å²) in [5.41, 5.74) is 1.12. The van der Waals surface area contributed by atoms with E-state index in [4.69, 9.17) is 9.84 Å². The summed E-state index contributed by atoms with van der Waals surface area (Å²) >= 11 is 0. The number of carbonyl (C=O) groups is 1. The highest BCUT2D eigenvalue weighted by atomic mass is 16.5. The van der Waals surface area contributed by atoms with Crippen LogP contribution in [-0.4, -0.2) is 47.8 Å². The van der Waals surface area contributed by atoms with Gasteiger partial charge in [-0.1, -0.05) is 6.07 Å². The third kappa shape index (κ3) is 3.73. The number of carboxylic acids is 1. The lowest BCUT2D eigenvalue weighted by Gasteiger charge is -2.19. The number of benzene rings is 1. The average Bonchev–Trinajstić information content (AvgIpc) is 3.09. The summed E-state index contributed by atoms with van der Waals surface area (Å²) in [7, 11) is 1.67. The first-order chi connectivity index (χ1) is 11.7. The molecule has 7 heteroatoms. The molecule has 1 saturated heterocycles. The van der Waals surface area contributed by atoms with Crippen molar-refractivity contribution >= 4 is 17.5 Å². The molecule has 24 heavy (non-hydrogen) atoms. The zero-order chi connectivity index (χ0) is 16.9. The number of hydrogen-bond acceptors (Lipinski definition) is 6. The van der Waals surface area contributed by atoms with E-state index in [2.05, 4.69) is 26.3 Å². The minimum absolute atomic E-state index is 0.0504. The Morgan fingerprint density at radius 3 is 3.00 bits per heavy atom. The van der Waals surface area contributed by atoms with Crippen LogP contribution in [0, 0.1) is 5.92 Å². The van der Waals surface area contributed by atoms with E-state index >= 15 is 0 Å². The van der Waals surface area contributed by atoms with E-state index in [0.717, 1.165) is 31.8 Å². The Bertz CT molecular complexity index is 705. The van der Waals surface area contributed by atoms with Crippen LogP contribution in [0.3, 0.4) is 0 Å². The Labute approximate surface area is 140 Å². The molecule has 1 aromatic carbocycles. The molecule has 7 nitrogen and oxygen atoms in total. The maximum absolute atomic E-state index is 10.8. The maximum atomic E-state index is 10.8. The molecule has 0 radical (unpaired) electrons. The van der Waals surface area contributed by atoms with Gasteiger partial charge in [0.05, 0.1) is 19.5 Å². The first-order valence-electron chi connectivity index (χ1n) is 7.84. The summed E-state index contributed by atoms with van der Waals surface area (Å²) in [6.07, 6.45) is 3.81. The number of aromatic nitrogens is 2. The zero-order valence-electron chi connectivity index (χ0n) is 13.5. The number of nitrogens with zero attached hydrogens (tertiary/aromatic N) is 3. The molecule has 0 aliphatic carbocycles. The highest BCUT2D eigenvalue weighted by molar-refractivity contribution is 5.84. The van der Waals surface area contributed by atoms with E-state index in [0.29, 0.717) is 11.7 Å². The van der Waals surface area contributed by atoms with Crippen molar-refractivity contribution in [3.8, 4) is 5.75 Å². The number of aromatic carboxylic acids is 1. The maximum Gasteiger partial charge on any atom is 0.356 e. The van der Waals surface area contributed by atoms with Crippen LogP contribution in [0.1, 0.15) is 16.9 Å². The van der Waals surface area contributed by atoms with Crippen LogP contribution >= 0.6 is 0 Å². The number of ether oxygens (including phenoxy) is 1. The van der Waals surface area contributed by atoms with Crippen LogP contribution in [0.4, 0.5) is 11.5 Å². The lowest BCUT2D eigenvalue weighted by Crippen LogP contribution is -2.22. The third-order valence-corrected chi connectivity index (χ3v) is 4.15. The van der Waals surface area contributed by atoms with E-state index in [9.17, 15) is 4.79 Å². The van der Waals surface area contributed by atoms with Crippen LogP contribution in [-0.2, 0) is 0 Å². The van der Waals surface area contributed by atoms with Gasteiger partial charge in [-0.2, -0.15) is 0 Å². The molecule has 1 fully saturated rings. The normalized spacial score (nSPS) is 16.9. The first-order valence-corrected chi connectivity index (χ1v) is 7.84. The van der Waals surface area contributed by atoms with Gasteiger partial charge in [-0.15, -0.1) is 0 Å². The van der Waals surface area contributed by atoms with Gasteiger partial charge in [0.25, 0.3) is 0 Å². The number of anilines is 2. The number of nitrogens with one attached hydrogen (secondary N) is 1. The molecule has 1 aliphatic rings. The van der Waals surface area contributed by atoms with Gasteiger partial charge in [0.2, 0.25) is 0 Å². The van der Waals surface area contributed by atoms with Crippen molar-refractivity contribution in [1.82, 2.24) is 9.97 Å². The summed E-state index contributed by atoms with van der Waals surface area (Å²) in [6, 6.07) is 8.08. The Morgan fingerprint density at radius 1 is 1.42 bits per heavy atom. The first kappa shape index (κ1) is 16.0. The number of methoxy groups -OCH3 is 1. The predicted molar refractivity (Wildman–Crippen MR) is 90.8 cm³/mol. The second-order valence-electron chi connectivity index (χ2n) is 5.78. The van der Waals surface area contributed by atoms with Crippen molar-refractivity contribution in [3.05, 3.63) is 42.4 Å². The predicted octanol–water partition coefficient (Wildman–Crippen LogP) is 2.12. The van der Waals surface area contributed by atoms with Gasteiger partial charge in [-0.25, -0.2) is 14.8 Å². The molecule has 2 heterocycles. The van der Waals surface area contributed by atoms with Crippen molar-refractivity contribution in [2.24, 2.45) is 5.92 Å². The molecule has 0 amide bonds. The highest BCUT2D eigenvalue weighted by Crippen LogP contribution is 2.26. The molecule has 1 aliphatic heterocycles. The SMILES string of the molecule is COc1cccc(N2CCC(CNc3cnc(C(=O)O)cn3)C2)c1. The summed E-state index contributed by atoms with van der Waals surface area (Å²) in [4.78, 5) is 21.0. The standard InChI is InChI=1S/C17H20N4O3/c1-24-14-4-2-3-13(7-14)21-6-5-12(11-21)8-19-16-10-18-15(9-20-16)17(22)23/h2-4,7,9-10,12H,5-6,8,11H2,1H3,(H,19,20)(H,22,23). The second kappa shape index (κ2) is 7.16. The van der Waals surface area contributed by atoms with Gasteiger partial charge in [-0.05, 0) is 24.5 Å². The minimum Gasteiger partial charge on any atom is -0.497 e. The van der Waals surface area contributed by atoms with Crippen molar-refractivity contribution in [3.63, 3.8) is 0 Å². The molecule has 0 saturated carbocycles. The van der Waals surface area contributed by atoms with Gasteiger partial charge in [-0.3, -0.25) is 0 Å². The van der Waals surface area contributed by atoms with Gasteiger partial charge in [0, 0.05) is 31.4 Å². The summed E-state index contributed by atoms with van der Waals surface area (Å²) in [5, 5.41) is 12.0. The molecular weight excluding hydrogens is 308 g/mol. The van der Waals surface area contributed by atoms with Crippen molar-refractivity contribution in [2.75, 3.05) is 37.0 Å². The Morgan fingerprint density at radius 2 is 2.29 bits per heavy atom. The Balaban J connectivity index is 1.53. The molecule has 0 bridgehead atoms. The molecule has 1 atom stereocenters. The van der Waals surface area contributed by atoms with E-state index < -0.39 is 5.97 Å². The molecule has 0 spiro atoms. The fourth-order valence-electron chi connectivity index (χ4n) is 2.82. The second-order valence-corrected chi connectivity index (χ2v) is 5.78. The topological polar surface area (TPSA) is 87.6 Å². The van der Waals surface area contributed by atoms with Crippen molar-refractivity contribution < 1.29 is 14.6 Å². The number of carboxylic acid groups (broad SMARTS) is 1. The van der Waals surface area contributed by atoms with Gasteiger partial charge in [0.15, 0.2) is 5.69 Å². The van der Waals surface area contributed by atoms with Crippen molar-refractivity contribution in [1.29, 1.82) is 0 Å². The number of rotatable bonds is 6. The van der Waals surface area contributed by atoms with E-state index in [1.54, 1.807) is 7.11 Å². The van der Waals surface area contributed by atoms with Crippen LogP contribution in [0.2, 0.25) is 0 Å². The van der Waals surface area contributed by atoms with Gasteiger partial charge < -0.3 is 20.1 Å². The van der Waals surface area contributed by atoms with Crippen LogP contribution in [0.15, 0.2) is 36.7 Å². The van der Waals surface area contributed by atoms with Gasteiger partial charge in [0.1, 0.15) is 11.6 Å². The quantitative estimate of drug-likeness (QED) is 0.840. The number of hydrogen-bond donors (Lipinski definition) is 2. The van der Waals surface area contributed by atoms with Crippen LogP contribution in [0.25, 0.3) is 0 Å². The minimum atomic E-state index is -1.07. The highest BCUT2D eigenvalue weighted by Gasteiger charge is 2.23. The van der Waals surface area contributed by atoms with Crippen molar-refractivity contribution in [2.45, 2.75) is 6.42 Å². The molecule has 126 valence electrons. The molecule has 1 unspecified atom stereocenters. The van der Waals surface area contributed by atoms with Crippen LogP contribution in [0.5, 0.6) is 5.75 Å². The van der Waals surface area contributed by atoms with E-state index in [1.165, 1.54) is 18.1 Å². The molecular formula is C17H20N4O3. The molecule has 2 aromatic rings. The molecule has 2 N–H and O–H groups in total. The smallest absolute Gasteiger partial charge is 0.356 e.